The summed E-state index contributed by atoms with van der Waals surface area (Å²) in [4.78, 5) is 1.30. The molecule has 0 fully saturated rings. The second-order valence-corrected chi connectivity index (χ2v) is 5.18. The molecule has 0 bridgehead atoms. The Morgan fingerprint density at radius 3 is 2.44 bits per heavy atom. The molecule has 0 saturated heterocycles. The summed E-state index contributed by atoms with van der Waals surface area (Å²) >= 11 is 1.74. The molecule has 1 rings (SSSR count). The van der Waals surface area contributed by atoms with Crippen molar-refractivity contribution >= 4 is 11.3 Å². The van der Waals surface area contributed by atoms with Crippen LogP contribution in [0.1, 0.15) is 43.2 Å². The van der Waals surface area contributed by atoms with Crippen LogP contribution in [0.15, 0.2) is 11.4 Å². The van der Waals surface area contributed by atoms with Gasteiger partial charge in [0.2, 0.25) is 0 Å². The van der Waals surface area contributed by atoms with Crippen molar-refractivity contribution in [2.75, 3.05) is 7.11 Å². The molecular formula is C12H22N2OS. The van der Waals surface area contributed by atoms with Crippen LogP contribution >= 0.6 is 11.3 Å². The van der Waals surface area contributed by atoms with Crippen molar-refractivity contribution in [3.8, 4) is 0 Å². The average Bonchev–Trinajstić information content (AvgIpc) is 2.72. The van der Waals surface area contributed by atoms with Crippen LogP contribution in [0.3, 0.4) is 0 Å². The van der Waals surface area contributed by atoms with E-state index in [-0.39, 0.29) is 11.6 Å². The van der Waals surface area contributed by atoms with E-state index >= 15 is 0 Å². The lowest BCUT2D eigenvalue weighted by atomic mass is 9.85. The summed E-state index contributed by atoms with van der Waals surface area (Å²) in [6.45, 7) is 6.38. The Balaban J connectivity index is 3.04. The zero-order chi connectivity index (χ0) is 12.2. The van der Waals surface area contributed by atoms with Gasteiger partial charge in [0.1, 0.15) is 0 Å². The molecule has 1 aromatic rings. The van der Waals surface area contributed by atoms with E-state index in [4.69, 9.17) is 10.6 Å². The predicted molar refractivity (Wildman–Crippen MR) is 69.4 cm³/mol. The molecule has 0 saturated carbocycles. The predicted octanol–water partition coefficient (Wildman–Crippen LogP) is 2.77. The topological polar surface area (TPSA) is 47.3 Å². The van der Waals surface area contributed by atoms with E-state index < -0.39 is 0 Å². The van der Waals surface area contributed by atoms with Crippen molar-refractivity contribution < 1.29 is 4.74 Å². The highest BCUT2D eigenvalue weighted by Crippen LogP contribution is 2.35. The summed E-state index contributed by atoms with van der Waals surface area (Å²) in [5, 5.41) is 2.15. The monoisotopic (exact) mass is 242 g/mol. The van der Waals surface area contributed by atoms with Crippen LogP contribution < -0.4 is 11.3 Å². The second-order valence-electron chi connectivity index (χ2n) is 4.07. The highest BCUT2D eigenvalue weighted by atomic mass is 32.1. The quantitative estimate of drug-likeness (QED) is 0.595. The first-order valence-electron chi connectivity index (χ1n) is 5.69. The number of thiophene rings is 1. The minimum absolute atomic E-state index is 0.0532. The molecule has 1 heterocycles. The van der Waals surface area contributed by atoms with Gasteiger partial charge in [-0.3, -0.25) is 11.3 Å². The van der Waals surface area contributed by atoms with Gasteiger partial charge in [0.15, 0.2) is 0 Å². The molecule has 3 N–H and O–H groups in total. The van der Waals surface area contributed by atoms with E-state index in [0.29, 0.717) is 0 Å². The van der Waals surface area contributed by atoms with E-state index in [1.54, 1.807) is 18.4 Å². The number of hydrogen-bond acceptors (Lipinski definition) is 4. The zero-order valence-electron chi connectivity index (χ0n) is 10.5. The van der Waals surface area contributed by atoms with E-state index in [1.807, 2.05) is 0 Å². The second kappa shape index (κ2) is 5.77. The molecular weight excluding hydrogens is 220 g/mol. The maximum atomic E-state index is 5.72. The van der Waals surface area contributed by atoms with Gasteiger partial charge < -0.3 is 4.74 Å². The van der Waals surface area contributed by atoms with Crippen molar-refractivity contribution in [1.82, 2.24) is 5.43 Å². The van der Waals surface area contributed by atoms with Crippen LogP contribution in [-0.2, 0) is 4.74 Å². The first-order chi connectivity index (χ1) is 7.63. The minimum atomic E-state index is -0.220. The molecule has 1 atom stereocenters. The molecule has 0 aliphatic carbocycles. The number of nitrogens with two attached hydrogens (primary N) is 1. The van der Waals surface area contributed by atoms with Gasteiger partial charge in [-0.2, -0.15) is 0 Å². The van der Waals surface area contributed by atoms with Gasteiger partial charge >= 0.3 is 0 Å². The Morgan fingerprint density at radius 1 is 1.50 bits per heavy atom. The van der Waals surface area contributed by atoms with Gasteiger partial charge in [-0.05, 0) is 36.8 Å². The number of ether oxygens (including phenoxy) is 1. The first kappa shape index (κ1) is 13.6. The van der Waals surface area contributed by atoms with Crippen LogP contribution in [0, 0.1) is 6.92 Å². The fraction of sp³-hybridized carbons (Fsp3) is 0.667. The molecule has 3 nitrogen and oxygen atoms in total. The molecule has 92 valence electrons. The third-order valence-electron chi connectivity index (χ3n) is 3.38. The van der Waals surface area contributed by atoms with E-state index in [1.165, 1.54) is 10.4 Å². The highest BCUT2D eigenvalue weighted by Gasteiger charge is 2.36. The molecule has 0 aromatic carbocycles. The number of hydrogen-bond donors (Lipinski definition) is 2. The largest absolute Gasteiger partial charge is 0.376 e. The number of hydrazine groups is 1. The summed E-state index contributed by atoms with van der Waals surface area (Å²) in [6.07, 6.45) is 1.87. The number of nitrogens with one attached hydrogen (secondary N) is 1. The molecule has 0 aliphatic rings. The molecule has 16 heavy (non-hydrogen) atoms. The van der Waals surface area contributed by atoms with Crippen molar-refractivity contribution in [2.24, 2.45) is 5.84 Å². The molecule has 0 aliphatic heterocycles. The minimum Gasteiger partial charge on any atom is -0.376 e. The Morgan fingerprint density at radius 2 is 2.12 bits per heavy atom. The van der Waals surface area contributed by atoms with Crippen molar-refractivity contribution in [2.45, 2.75) is 45.3 Å². The first-order valence-corrected chi connectivity index (χ1v) is 6.57. The van der Waals surface area contributed by atoms with Gasteiger partial charge in [-0.15, -0.1) is 11.3 Å². The standard InChI is InChI=1S/C12H22N2OS/c1-5-12(6-2,15-4)11(14-13)10-7-9(3)16-8-10/h7-8,11,14H,5-6,13H2,1-4H3. The van der Waals surface area contributed by atoms with Crippen LogP contribution in [0.25, 0.3) is 0 Å². The Kier molecular flexibility index (Phi) is 4.92. The Hall–Kier alpha value is -0.420. The Labute approximate surface area is 102 Å². The third kappa shape index (κ3) is 2.46. The molecule has 1 unspecified atom stereocenters. The normalized spacial score (nSPS) is 14.1. The average molecular weight is 242 g/mol. The SMILES string of the molecule is CCC(CC)(OC)C(NN)c1csc(C)c1. The van der Waals surface area contributed by atoms with Gasteiger partial charge in [0.25, 0.3) is 0 Å². The molecule has 1 aromatic heterocycles. The van der Waals surface area contributed by atoms with Crippen LogP contribution in [0.5, 0.6) is 0 Å². The van der Waals surface area contributed by atoms with Crippen LogP contribution in [0.4, 0.5) is 0 Å². The summed E-state index contributed by atoms with van der Waals surface area (Å²) in [5.41, 5.74) is 3.91. The van der Waals surface area contributed by atoms with Crippen LogP contribution in [-0.4, -0.2) is 12.7 Å². The lowest BCUT2D eigenvalue weighted by molar-refractivity contribution is -0.0485. The highest BCUT2D eigenvalue weighted by molar-refractivity contribution is 7.10. The van der Waals surface area contributed by atoms with Gasteiger partial charge in [0.05, 0.1) is 11.6 Å². The summed E-state index contributed by atoms with van der Waals surface area (Å²) < 4.78 is 5.72. The van der Waals surface area contributed by atoms with Crippen LogP contribution in [0.2, 0.25) is 0 Å². The lowest BCUT2D eigenvalue weighted by Crippen LogP contribution is -2.47. The fourth-order valence-electron chi connectivity index (χ4n) is 2.23. The number of aryl methyl sites for hydroxylation is 1. The van der Waals surface area contributed by atoms with Crippen molar-refractivity contribution in [1.29, 1.82) is 0 Å². The van der Waals surface area contributed by atoms with E-state index in [2.05, 4.69) is 37.6 Å². The molecule has 0 spiro atoms. The van der Waals surface area contributed by atoms with Crippen molar-refractivity contribution in [3.05, 3.63) is 21.9 Å². The van der Waals surface area contributed by atoms with Gasteiger partial charge in [-0.1, -0.05) is 13.8 Å². The van der Waals surface area contributed by atoms with E-state index in [0.717, 1.165) is 12.8 Å². The van der Waals surface area contributed by atoms with E-state index in [9.17, 15) is 0 Å². The summed E-state index contributed by atoms with van der Waals surface area (Å²) in [6, 6.07) is 2.23. The van der Waals surface area contributed by atoms with Gasteiger partial charge in [0, 0.05) is 12.0 Å². The summed E-state index contributed by atoms with van der Waals surface area (Å²) in [7, 11) is 1.76. The summed E-state index contributed by atoms with van der Waals surface area (Å²) in [5.74, 6) is 5.70. The zero-order valence-corrected chi connectivity index (χ0v) is 11.4. The molecule has 0 amide bonds. The fourth-order valence-corrected chi connectivity index (χ4v) is 2.96. The lowest BCUT2D eigenvalue weighted by Gasteiger charge is -2.37. The molecule has 4 heteroatoms. The maximum absolute atomic E-state index is 5.72. The smallest absolute Gasteiger partial charge is 0.0880 e. The molecule has 0 radical (unpaired) electrons. The van der Waals surface area contributed by atoms with Gasteiger partial charge in [-0.25, -0.2) is 0 Å². The maximum Gasteiger partial charge on any atom is 0.0880 e. The van der Waals surface area contributed by atoms with Crippen molar-refractivity contribution in [3.63, 3.8) is 0 Å². The Bertz CT molecular complexity index is 312. The number of methoxy groups -OCH3 is 1. The third-order valence-corrected chi connectivity index (χ3v) is 4.26. The number of rotatable bonds is 6.